The van der Waals surface area contributed by atoms with Crippen LogP contribution in [0.15, 0.2) is 54.9 Å². The Labute approximate surface area is 156 Å². The third kappa shape index (κ3) is 4.50. The largest absolute Gasteiger partial charge is 0.372 e. The Bertz CT molecular complexity index is 664. The topological polar surface area (TPSA) is 37.4 Å². The molecule has 0 spiro atoms. The number of ether oxygens (including phenoxy) is 1. The molecule has 0 aliphatic carbocycles. The molecule has 3 atom stereocenters. The molecule has 4 heteroatoms. The van der Waals surface area contributed by atoms with Gasteiger partial charge in [0.25, 0.3) is 0 Å². The molecular weight excluding hydrogens is 322 g/mol. The average Bonchev–Trinajstić information content (AvgIpc) is 2.70. The lowest BCUT2D eigenvalue weighted by Gasteiger charge is -2.39. The maximum atomic E-state index is 6.14. The third-order valence-electron chi connectivity index (χ3n) is 5.56. The van der Waals surface area contributed by atoms with Crippen LogP contribution in [-0.4, -0.2) is 41.7 Å². The van der Waals surface area contributed by atoms with Crippen LogP contribution in [-0.2, 0) is 11.3 Å². The van der Waals surface area contributed by atoms with Gasteiger partial charge in [0, 0.05) is 44.2 Å². The highest BCUT2D eigenvalue weighted by atomic mass is 16.5. The summed E-state index contributed by atoms with van der Waals surface area (Å²) >= 11 is 0. The van der Waals surface area contributed by atoms with E-state index in [0.29, 0.717) is 12.1 Å². The number of pyridine rings is 1. The fourth-order valence-electron chi connectivity index (χ4n) is 4.31. The van der Waals surface area contributed by atoms with Crippen molar-refractivity contribution in [2.75, 3.05) is 19.7 Å². The Morgan fingerprint density at radius 2 is 1.88 bits per heavy atom. The lowest BCUT2D eigenvalue weighted by molar-refractivity contribution is -0.0169. The van der Waals surface area contributed by atoms with Crippen LogP contribution < -0.4 is 5.32 Å². The summed E-state index contributed by atoms with van der Waals surface area (Å²) in [6, 6.07) is 15.9. The summed E-state index contributed by atoms with van der Waals surface area (Å²) < 4.78 is 6.14. The smallest absolute Gasteiger partial charge is 0.0978 e. The molecule has 0 bridgehead atoms. The van der Waals surface area contributed by atoms with Crippen molar-refractivity contribution < 1.29 is 4.74 Å². The Kier molecular flexibility index (Phi) is 5.95. The molecule has 1 aromatic carbocycles. The van der Waals surface area contributed by atoms with Gasteiger partial charge in [0.15, 0.2) is 0 Å². The van der Waals surface area contributed by atoms with Crippen LogP contribution >= 0.6 is 0 Å². The van der Waals surface area contributed by atoms with Crippen molar-refractivity contribution in [2.45, 2.75) is 50.4 Å². The molecule has 2 aliphatic heterocycles. The normalized spacial score (nSPS) is 27.3. The Balaban J connectivity index is 1.37. The van der Waals surface area contributed by atoms with Crippen LogP contribution in [0.25, 0.3) is 0 Å². The number of hydrogen-bond donors (Lipinski definition) is 1. The summed E-state index contributed by atoms with van der Waals surface area (Å²) in [6.45, 7) is 4.22. The van der Waals surface area contributed by atoms with E-state index in [0.717, 1.165) is 26.1 Å². The first kappa shape index (κ1) is 17.7. The summed E-state index contributed by atoms with van der Waals surface area (Å²) in [5.74, 6) is 0. The van der Waals surface area contributed by atoms with Crippen molar-refractivity contribution >= 4 is 0 Å². The van der Waals surface area contributed by atoms with Gasteiger partial charge in [-0.1, -0.05) is 30.3 Å². The van der Waals surface area contributed by atoms with Crippen LogP contribution in [0.5, 0.6) is 0 Å². The third-order valence-corrected chi connectivity index (χ3v) is 5.56. The van der Waals surface area contributed by atoms with E-state index in [1.165, 1.54) is 36.9 Å². The van der Waals surface area contributed by atoms with Crippen molar-refractivity contribution in [3.63, 3.8) is 0 Å². The summed E-state index contributed by atoms with van der Waals surface area (Å²) in [6.07, 6.45) is 8.72. The number of benzene rings is 1. The number of hydrogen-bond acceptors (Lipinski definition) is 4. The van der Waals surface area contributed by atoms with Gasteiger partial charge < -0.3 is 10.1 Å². The van der Waals surface area contributed by atoms with Gasteiger partial charge in [-0.15, -0.1) is 0 Å². The summed E-state index contributed by atoms with van der Waals surface area (Å²) in [5, 5.41) is 3.94. The highest BCUT2D eigenvalue weighted by molar-refractivity contribution is 5.17. The monoisotopic (exact) mass is 351 g/mol. The molecule has 2 fully saturated rings. The molecule has 4 nitrogen and oxygen atoms in total. The zero-order valence-electron chi connectivity index (χ0n) is 15.4. The molecule has 1 aromatic heterocycles. The van der Waals surface area contributed by atoms with Crippen molar-refractivity contribution in [1.82, 2.24) is 15.2 Å². The van der Waals surface area contributed by atoms with E-state index in [-0.39, 0.29) is 6.10 Å². The van der Waals surface area contributed by atoms with Gasteiger partial charge in [-0.3, -0.25) is 9.88 Å². The molecule has 2 aliphatic rings. The van der Waals surface area contributed by atoms with Crippen molar-refractivity contribution in [3.8, 4) is 0 Å². The van der Waals surface area contributed by atoms with Crippen LogP contribution in [0.1, 0.15) is 42.9 Å². The Morgan fingerprint density at radius 3 is 2.73 bits per heavy atom. The van der Waals surface area contributed by atoms with Crippen LogP contribution in [0.2, 0.25) is 0 Å². The SMILES string of the molecule is c1ccc(CN2CCC[C@H](N[C@H]3CCCO[C@@H]3c3ccncc3)C2)cc1. The second kappa shape index (κ2) is 8.76. The molecule has 2 saturated heterocycles. The van der Waals surface area contributed by atoms with Crippen LogP contribution in [0, 0.1) is 0 Å². The van der Waals surface area contributed by atoms with E-state index >= 15 is 0 Å². The summed E-state index contributed by atoms with van der Waals surface area (Å²) in [4.78, 5) is 6.73. The maximum Gasteiger partial charge on any atom is 0.0978 e. The van der Waals surface area contributed by atoms with Gasteiger partial charge in [-0.05, 0) is 55.5 Å². The molecule has 138 valence electrons. The maximum absolute atomic E-state index is 6.14. The zero-order chi connectivity index (χ0) is 17.6. The molecule has 2 aromatic rings. The quantitative estimate of drug-likeness (QED) is 0.894. The standard InChI is InChI=1S/C22H29N3O/c1-2-6-18(7-3-1)16-25-14-4-8-20(17-25)24-21-9-5-15-26-22(21)19-10-12-23-13-11-19/h1-3,6-7,10-13,20-22,24H,4-5,8-9,14-17H2/t20-,21-,22+/m0/s1. The molecule has 0 saturated carbocycles. The minimum Gasteiger partial charge on any atom is -0.372 e. The first-order valence-corrected chi connectivity index (χ1v) is 9.92. The van der Waals surface area contributed by atoms with Crippen molar-refractivity contribution in [2.24, 2.45) is 0 Å². The number of nitrogens with one attached hydrogen (secondary N) is 1. The van der Waals surface area contributed by atoms with Crippen LogP contribution in [0.3, 0.4) is 0 Å². The minimum atomic E-state index is 0.149. The van der Waals surface area contributed by atoms with E-state index in [2.05, 4.69) is 57.7 Å². The van der Waals surface area contributed by atoms with Gasteiger partial charge in [0.1, 0.15) is 0 Å². The van der Waals surface area contributed by atoms with Gasteiger partial charge in [-0.2, -0.15) is 0 Å². The Hall–Kier alpha value is -1.75. The molecule has 4 rings (SSSR count). The molecule has 3 heterocycles. The van der Waals surface area contributed by atoms with E-state index < -0.39 is 0 Å². The molecule has 0 unspecified atom stereocenters. The molecule has 0 amide bonds. The zero-order valence-corrected chi connectivity index (χ0v) is 15.4. The summed E-state index contributed by atoms with van der Waals surface area (Å²) in [5.41, 5.74) is 2.65. The van der Waals surface area contributed by atoms with Gasteiger partial charge in [-0.25, -0.2) is 0 Å². The first-order valence-electron chi connectivity index (χ1n) is 9.92. The highest BCUT2D eigenvalue weighted by Crippen LogP contribution is 2.29. The van der Waals surface area contributed by atoms with E-state index in [1.54, 1.807) is 0 Å². The van der Waals surface area contributed by atoms with E-state index in [1.807, 2.05) is 12.4 Å². The van der Waals surface area contributed by atoms with Crippen LogP contribution in [0.4, 0.5) is 0 Å². The van der Waals surface area contributed by atoms with Crippen molar-refractivity contribution in [3.05, 3.63) is 66.0 Å². The van der Waals surface area contributed by atoms with Gasteiger partial charge in [0.05, 0.1) is 6.10 Å². The molecule has 0 radical (unpaired) electrons. The average molecular weight is 351 g/mol. The predicted molar refractivity (Wildman–Crippen MR) is 104 cm³/mol. The number of rotatable bonds is 5. The van der Waals surface area contributed by atoms with Gasteiger partial charge in [0.2, 0.25) is 0 Å². The fraction of sp³-hybridized carbons (Fsp3) is 0.500. The highest BCUT2D eigenvalue weighted by Gasteiger charge is 2.30. The lowest BCUT2D eigenvalue weighted by atomic mass is 9.94. The van der Waals surface area contributed by atoms with Crippen molar-refractivity contribution in [1.29, 1.82) is 0 Å². The number of aromatic nitrogens is 1. The molecule has 1 N–H and O–H groups in total. The van der Waals surface area contributed by atoms with E-state index in [4.69, 9.17) is 4.74 Å². The number of nitrogens with zero attached hydrogens (tertiary/aromatic N) is 2. The molecule has 26 heavy (non-hydrogen) atoms. The summed E-state index contributed by atoms with van der Waals surface area (Å²) in [7, 11) is 0. The number of likely N-dealkylation sites (tertiary alicyclic amines) is 1. The number of piperidine rings is 1. The minimum absolute atomic E-state index is 0.149. The lowest BCUT2D eigenvalue weighted by Crippen LogP contribution is -2.51. The molecular formula is C22H29N3O. The fourth-order valence-corrected chi connectivity index (χ4v) is 4.31. The van der Waals surface area contributed by atoms with E-state index in [9.17, 15) is 0 Å². The first-order chi connectivity index (χ1) is 12.9. The second-order valence-corrected chi connectivity index (χ2v) is 7.55. The second-order valence-electron chi connectivity index (χ2n) is 7.55. The van der Waals surface area contributed by atoms with Gasteiger partial charge >= 0.3 is 0 Å². The Morgan fingerprint density at radius 1 is 1.04 bits per heavy atom. The predicted octanol–water partition coefficient (Wildman–Crippen LogP) is 3.56.